The molecule has 1 unspecified atom stereocenters. The molecule has 0 aromatic heterocycles. The number of halogens is 1. The molecule has 1 aromatic rings. The predicted molar refractivity (Wildman–Crippen MR) is 68.6 cm³/mol. The molecule has 1 N–H and O–H groups in total. The predicted octanol–water partition coefficient (Wildman–Crippen LogP) is 2.99. The van der Waals surface area contributed by atoms with Crippen LogP contribution >= 0.6 is 0 Å². The molecular formula is C15H16FNO. The zero-order chi connectivity index (χ0) is 12.7. The van der Waals surface area contributed by atoms with Crippen molar-refractivity contribution in [2.24, 2.45) is 0 Å². The number of amides is 1. The summed E-state index contributed by atoms with van der Waals surface area (Å²) in [6.07, 6.45) is 4.62. The van der Waals surface area contributed by atoms with Crippen molar-refractivity contribution in [2.45, 2.75) is 38.1 Å². The van der Waals surface area contributed by atoms with Crippen LogP contribution in [-0.4, -0.2) is 11.9 Å². The number of hydrogen-bond acceptors (Lipinski definition) is 1. The molecule has 1 amide bonds. The SMILES string of the molecule is CC1CC(=CC(=O)NC2CC2)c2cc(F)ccc21. The normalized spacial score (nSPS) is 24.1. The Balaban J connectivity index is 1.88. The minimum atomic E-state index is -0.239. The number of rotatable bonds is 2. The largest absolute Gasteiger partial charge is 0.350 e. The highest BCUT2D eigenvalue weighted by atomic mass is 19.1. The fourth-order valence-electron chi connectivity index (χ4n) is 2.55. The van der Waals surface area contributed by atoms with Crippen LogP contribution in [0.3, 0.4) is 0 Å². The van der Waals surface area contributed by atoms with Crippen molar-refractivity contribution in [2.75, 3.05) is 0 Å². The van der Waals surface area contributed by atoms with Crippen LogP contribution in [0.25, 0.3) is 5.57 Å². The molecule has 0 radical (unpaired) electrons. The van der Waals surface area contributed by atoms with Crippen molar-refractivity contribution in [3.05, 3.63) is 41.2 Å². The summed E-state index contributed by atoms with van der Waals surface area (Å²) in [6, 6.07) is 5.22. The monoisotopic (exact) mass is 245 g/mol. The van der Waals surface area contributed by atoms with Crippen LogP contribution in [0.2, 0.25) is 0 Å². The second kappa shape index (κ2) is 4.23. The van der Waals surface area contributed by atoms with Gasteiger partial charge in [0.1, 0.15) is 5.82 Å². The average Bonchev–Trinajstić information content (AvgIpc) is 3.06. The lowest BCUT2D eigenvalue weighted by atomic mass is 10.0. The summed E-state index contributed by atoms with van der Waals surface area (Å²) < 4.78 is 13.3. The van der Waals surface area contributed by atoms with Crippen LogP contribution in [0.4, 0.5) is 4.39 Å². The van der Waals surface area contributed by atoms with E-state index in [0.29, 0.717) is 12.0 Å². The first-order valence-electron chi connectivity index (χ1n) is 6.44. The number of hydrogen-bond donors (Lipinski definition) is 1. The van der Waals surface area contributed by atoms with Crippen LogP contribution in [0, 0.1) is 5.82 Å². The van der Waals surface area contributed by atoms with Crippen molar-refractivity contribution >= 4 is 11.5 Å². The minimum Gasteiger partial charge on any atom is -0.350 e. The van der Waals surface area contributed by atoms with Gasteiger partial charge in [-0.25, -0.2) is 4.39 Å². The van der Waals surface area contributed by atoms with Crippen LogP contribution in [0.5, 0.6) is 0 Å². The highest BCUT2D eigenvalue weighted by Crippen LogP contribution is 2.40. The molecular weight excluding hydrogens is 229 g/mol. The number of carbonyl (C=O) groups is 1. The molecule has 3 heteroatoms. The fourth-order valence-corrected chi connectivity index (χ4v) is 2.55. The van der Waals surface area contributed by atoms with Gasteiger partial charge in [-0.05, 0) is 54.0 Å². The zero-order valence-electron chi connectivity index (χ0n) is 10.4. The van der Waals surface area contributed by atoms with E-state index in [1.54, 1.807) is 6.08 Å². The van der Waals surface area contributed by atoms with Gasteiger partial charge in [0, 0.05) is 12.1 Å². The first kappa shape index (κ1) is 11.5. The van der Waals surface area contributed by atoms with Crippen molar-refractivity contribution in [1.82, 2.24) is 5.32 Å². The van der Waals surface area contributed by atoms with Gasteiger partial charge in [0.2, 0.25) is 5.91 Å². The highest BCUT2D eigenvalue weighted by Gasteiger charge is 2.26. The van der Waals surface area contributed by atoms with E-state index in [9.17, 15) is 9.18 Å². The molecule has 2 aliphatic rings. The second-order valence-corrected chi connectivity index (χ2v) is 5.29. The topological polar surface area (TPSA) is 29.1 Å². The fraction of sp³-hybridized carbons (Fsp3) is 0.400. The third-order valence-corrected chi connectivity index (χ3v) is 3.65. The number of carbonyl (C=O) groups excluding carboxylic acids is 1. The maximum Gasteiger partial charge on any atom is 0.244 e. The molecule has 1 aromatic carbocycles. The summed E-state index contributed by atoms with van der Waals surface area (Å²) in [7, 11) is 0. The van der Waals surface area contributed by atoms with E-state index in [-0.39, 0.29) is 11.7 Å². The quantitative estimate of drug-likeness (QED) is 0.797. The summed E-state index contributed by atoms with van der Waals surface area (Å²) in [5.74, 6) is 0.0775. The summed E-state index contributed by atoms with van der Waals surface area (Å²) in [5.41, 5.74) is 2.99. The zero-order valence-corrected chi connectivity index (χ0v) is 10.4. The van der Waals surface area contributed by atoms with Gasteiger partial charge >= 0.3 is 0 Å². The van der Waals surface area contributed by atoms with Gasteiger partial charge in [0.15, 0.2) is 0 Å². The molecule has 0 heterocycles. The first-order chi connectivity index (χ1) is 8.63. The average molecular weight is 245 g/mol. The van der Waals surface area contributed by atoms with Gasteiger partial charge < -0.3 is 5.32 Å². The van der Waals surface area contributed by atoms with E-state index >= 15 is 0 Å². The van der Waals surface area contributed by atoms with Crippen molar-refractivity contribution < 1.29 is 9.18 Å². The van der Waals surface area contributed by atoms with Gasteiger partial charge in [-0.15, -0.1) is 0 Å². The second-order valence-electron chi connectivity index (χ2n) is 5.29. The van der Waals surface area contributed by atoms with Crippen LogP contribution in [0.15, 0.2) is 24.3 Å². The third kappa shape index (κ3) is 2.17. The molecule has 1 atom stereocenters. The van der Waals surface area contributed by atoms with E-state index in [4.69, 9.17) is 0 Å². The van der Waals surface area contributed by atoms with Gasteiger partial charge in [0.25, 0.3) is 0 Å². The van der Waals surface area contributed by atoms with E-state index in [1.807, 2.05) is 6.07 Å². The van der Waals surface area contributed by atoms with Crippen LogP contribution < -0.4 is 5.32 Å². The van der Waals surface area contributed by atoms with Crippen molar-refractivity contribution in [3.8, 4) is 0 Å². The van der Waals surface area contributed by atoms with E-state index < -0.39 is 0 Å². The smallest absolute Gasteiger partial charge is 0.244 e. The molecule has 0 saturated heterocycles. The molecule has 0 aliphatic heterocycles. The van der Waals surface area contributed by atoms with Gasteiger partial charge in [-0.1, -0.05) is 13.0 Å². The lowest BCUT2D eigenvalue weighted by Crippen LogP contribution is -2.23. The van der Waals surface area contributed by atoms with Gasteiger partial charge in [-0.2, -0.15) is 0 Å². The van der Waals surface area contributed by atoms with E-state index in [2.05, 4.69) is 12.2 Å². The molecule has 18 heavy (non-hydrogen) atoms. The number of fused-ring (bicyclic) bond motifs is 1. The first-order valence-corrected chi connectivity index (χ1v) is 6.44. The summed E-state index contributed by atoms with van der Waals surface area (Å²) in [5, 5.41) is 2.93. The number of benzene rings is 1. The Morgan fingerprint density at radius 3 is 2.94 bits per heavy atom. The Bertz CT molecular complexity index is 531. The molecule has 1 fully saturated rings. The standard InChI is InChI=1S/C15H16FNO/c1-9-6-10(7-15(18)17-12-3-4-12)14-8-11(16)2-5-13(9)14/h2,5,7-9,12H,3-4,6H2,1H3,(H,17,18). The van der Waals surface area contributed by atoms with Gasteiger partial charge in [0.05, 0.1) is 0 Å². The van der Waals surface area contributed by atoms with E-state index in [1.165, 1.54) is 12.1 Å². The molecule has 0 spiro atoms. The molecule has 94 valence electrons. The molecule has 3 rings (SSSR count). The van der Waals surface area contributed by atoms with Gasteiger partial charge in [-0.3, -0.25) is 4.79 Å². The molecule has 1 saturated carbocycles. The Morgan fingerprint density at radius 1 is 1.44 bits per heavy atom. The lowest BCUT2D eigenvalue weighted by Gasteiger charge is -2.03. The number of allylic oxidation sites excluding steroid dienone is 1. The maximum absolute atomic E-state index is 13.3. The maximum atomic E-state index is 13.3. The van der Waals surface area contributed by atoms with Crippen molar-refractivity contribution in [1.29, 1.82) is 0 Å². The lowest BCUT2D eigenvalue weighted by molar-refractivity contribution is -0.116. The van der Waals surface area contributed by atoms with Crippen LogP contribution in [0.1, 0.15) is 43.2 Å². The van der Waals surface area contributed by atoms with E-state index in [0.717, 1.165) is 36.0 Å². The highest BCUT2D eigenvalue weighted by molar-refractivity contribution is 5.96. The summed E-state index contributed by atoms with van der Waals surface area (Å²) in [4.78, 5) is 11.8. The minimum absolute atomic E-state index is 0.0446. The van der Waals surface area contributed by atoms with Crippen molar-refractivity contribution in [3.63, 3.8) is 0 Å². The summed E-state index contributed by atoms with van der Waals surface area (Å²) in [6.45, 7) is 2.11. The van der Waals surface area contributed by atoms with Crippen LogP contribution in [-0.2, 0) is 4.79 Å². The Hall–Kier alpha value is -1.64. The molecule has 0 bridgehead atoms. The Kier molecular flexibility index (Phi) is 2.69. The third-order valence-electron chi connectivity index (χ3n) is 3.65. The summed E-state index contributed by atoms with van der Waals surface area (Å²) >= 11 is 0. The molecule has 2 aliphatic carbocycles. The Labute approximate surface area is 106 Å². The number of nitrogens with one attached hydrogen (secondary N) is 1. The molecule has 2 nitrogen and oxygen atoms in total. The Morgan fingerprint density at radius 2 is 2.22 bits per heavy atom.